The van der Waals surface area contributed by atoms with E-state index < -0.39 is 11.9 Å². The Hall–Kier alpha value is -4.46. The van der Waals surface area contributed by atoms with Gasteiger partial charge in [-0.2, -0.15) is 4.98 Å². The van der Waals surface area contributed by atoms with Crippen LogP contribution in [0.1, 0.15) is 30.0 Å². The number of nitrogens with one attached hydrogen (secondary N) is 1. The first-order chi connectivity index (χ1) is 16.9. The largest absolute Gasteiger partial charge is 0.497 e. The monoisotopic (exact) mass is 470 g/mol. The van der Waals surface area contributed by atoms with Crippen molar-refractivity contribution in [3.8, 4) is 17.1 Å². The fourth-order valence-corrected chi connectivity index (χ4v) is 4.15. The van der Waals surface area contributed by atoms with Crippen LogP contribution in [0.15, 0.2) is 83.0 Å². The second-order valence-electron chi connectivity index (χ2n) is 8.26. The molecule has 1 atom stereocenters. The van der Waals surface area contributed by atoms with Gasteiger partial charge in [-0.15, -0.1) is 0 Å². The zero-order valence-electron chi connectivity index (χ0n) is 19.4. The first-order valence-electron chi connectivity index (χ1n) is 11.1. The lowest BCUT2D eigenvalue weighted by Crippen LogP contribution is -2.46. The van der Waals surface area contributed by atoms with Crippen LogP contribution in [-0.4, -0.2) is 23.3 Å². The van der Waals surface area contributed by atoms with Gasteiger partial charge in [0, 0.05) is 11.3 Å². The Kier molecular flexibility index (Phi) is 5.78. The maximum Gasteiger partial charge on any atom is 0.327 e. The van der Waals surface area contributed by atoms with Crippen LogP contribution >= 0.6 is 0 Å². The van der Waals surface area contributed by atoms with Gasteiger partial charge in [-0.3, -0.25) is 4.90 Å². The van der Waals surface area contributed by atoms with Crippen LogP contribution in [0.2, 0.25) is 0 Å². The molecule has 176 valence electrons. The number of benzene rings is 3. The predicted octanol–water partition coefficient (Wildman–Crippen LogP) is 5.89. The summed E-state index contributed by atoms with van der Waals surface area (Å²) in [4.78, 5) is 19.3. The van der Waals surface area contributed by atoms with Crippen LogP contribution in [0.5, 0.6) is 5.75 Å². The van der Waals surface area contributed by atoms with Gasteiger partial charge in [0.25, 0.3) is 5.89 Å². The highest BCUT2D eigenvalue weighted by atomic mass is 19.1. The maximum absolute atomic E-state index is 14.0. The zero-order valence-corrected chi connectivity index (χ0v) is 19.4. The number of carbonyl (C=O) groups excluding carboxylic acids is 1. The Bertz CT molecular complexity index is 1410. The van der Waals surface area contributed by atoms with Gasteiger partial charge in [0.15, 0.2) is 0 Å². The van der Waals surface area contributed by atoms with Crippen molar-refractivity contribution in [1.82, 2.24) is 15.5 Å². The number of urea groups is 1. The molecule has 1 aromatic heterocycles. The lowest BCUT2D eigenvalue weighted by molar-refractivity contribution is 0.244. The molecular formula is C27H23FN4O3. The van der Waals surface area contributed by atoms with E-state index in [0.717, 1.165) is 22.4 Å². The van der Waals surface area contributed by atoms with Gasteiger partial charge in [0.2, 0.25) is 5.82 Å². The molecule has 0 bridgehead atoms. The minimum atomic E-state index is -0.530. The maximum atomic E-state index is 14.0. The predicted molar refractivity (Wildman–Crippen MR) is 130 cm³/mol. The van der Waals surface area contributed by atoms with Gasteiger partial charge in [0.05, 0.1) is 24.4 Å². The van der Waals surface area contributed by atoms with E-state index in [4.69, 9.17) is 9.26 Å². The number of halogens is 1. The summed E-state index contributed by atoms with van der Waals surface area (Å²) in [5.41, 5.74) is 4.31. The molecule has 35 heavy (non-hydrogen) atoms. The second kappa shape index (κ2) is 9.06. The van der Waals surface area contributed by atoms with Crippen molar-refractivity contribution < 1.29 is 18.4 Å². The summed E-state index contributed by atoms with van der Waals surface area (Å²) in [5, 5.41) is 7.20. The average molecular weight is 471 g/mol. The number of carbonyl (C=O) groups is 1. The molecule has 2 heterocycles. The molecular weight excluding hydrogens is 447 g/mol. The van der Waals surface area contributed by atoms with Crippen molar-refractivity contribution >= 4 is 17.3 Å². The second-order valence-corrected chi connectivity index (χ2v) is 8.26. The first kappa shape index (κ1) is 22.3. The van der Waals surface area contributed by atoms with Gasteiger partial charge in [-0.1, -0.05) is 41.1 Å². The smallest absolute Gasteiger partial charge is 0.327 e. The van der Waals surface area contributed by atoms with Crippen LogP contribution in [0, 0.1) is 12.7 Å². The highest BCUT2D eigenvalue weighted by Gasteiger charge is 2.36. The summed E-state index contributed by atoms with van der Waals surface area (Å²) in [6.07, 6.45) is 0. The lowest BCUT2D eigenvalue weighted by Gasteiger charge is -2.35. The number of anilines is 1. The molecule has 0 radical (unpaired) electrons. The number of aryl methyl sites for hydroxylation is 1. The van der Waals surface area contributed by atoms with E-state index in [1.54, 1.807) is 26.2 Å². The van der Waals surface area contributed by atoms with E-state index in [9.17, 15) is 9.18 Å². The third-order valence-corrected chi connectivity index (χ3v) is 5.97. The van der Waals surface area contributed by atoms with E-state index in [-0.39, 0.29) is 11.9 Å². The number of allylic oxidation sites excluding steroid dienone is 1. The number of hydrogen-bond acceptors (Lipinski definition) is 5. The minimum absolute atomic E-state index is 0.264. The summed E-state index contributed by atoms with van der Waals surface area (Å²) >= 11 is 0. The van der Waals surface area contributed by atoms with Gasteiger partial charge in [0.1, 0.15) is 11.6 Å². The molecule has 1 N–H and O–H groups in total. The van der Waals surface area contributed by atoms with E-state index in [1.807, 2.05) is 55.5 Å². The number of nitrogens with zero attached hydrogens (tertiary/aromatic N) is 3. The number of aromatic nitrogens is 2. The molecule has 8 heteroatoms. The van der Waals surface area contributed by atoms with Crippen LogP contribution < -0.4 is 15.0 Å². The quantitative estimate of drug-likeness (QED) is 0.393. The molecule has 1 unspecified atom stereocenters. The fraction of sp³-hybridized carbons (Fsp3) is 0.148. The SMILES string of the molecule is COc1ccc(-c2noc(C3=C(C)N(c4cccc(F)c4)C(=O)NC3c3ccc(C)cc3)n2)cc1. The molecule has 5 rings (SSSR count). The summed E-state index contributed by atoms with van der Waals surface area (Å²) < 4.78 is 24.9. The highest BCUT2D eigenvalue weighted by Crippen LogP contribution is 2.39. The van der Waals surface area contributed by atoms with Crippen molar-refractivity contribution in [3.63, 3.8) is 0 Å². The third-order valence-electron chi connectivity index (χ3n) is 5.97. The average Bonchev–Trinajstić information content (AvgIpc) is 3.34. The molecule has 0 aliphatic carbocycles. The van der Waals surface area contributed by atoms with Crippen molar-refractivity contribution in [2.45, 2.75) is 19.9 Å². The Labute approximate surface area is 201 Å². The number of hydrogen-bond donors (Lipinski definition) is 1. The Morgan fingerprint density at radius 2 is 1.77 bits per heavy atom. The van der Waals surface area contributed by atoms with Crippen molar-refractivity contribution in [3.05, 3.63) is 101 Å². The van der Waals surface area contributed by atoms with Crippen molar-refractivity contribution in [2.24, 2.45) is 0 Å². The Balaban J connectivity index is 1.63. The summed E-state index contributed by atoms with van der Waals surface area (Å²) in [6.45, 7) is 3.79. The third kappa shape index (κ3) is 4.26. The van der Waals surface area contributed by atoms with Crippen LogP contribution in [0.3, 0.4) is 0 Å². The molecule has 1 aliphatic rings. The molecule has 7 nitrogen and oxygen atoms in total. The molecule has 0 fully saturated rings. The molecule has 0 saturated carbocycles. The molecule has 0 saturated heterocycles. The van der Waals surface area contributed by atoms with Crippen LogP contribution in [0.4, 0.5) is 14.9 Å². The first-order valence-corrected chi connectivity index (χ1v) is 11.1. The van der Waals surface area contributed by atoms with Gasteiger partial charge >= 0.3 is 6.03 Å². The summed E-state index contributed by atoms with van der Waals surface area (Å²) in [5.74, 6) is 0.946. The molecule has 3 aromatic carbocycles. The fourth-order valence-electron chi connectivity index (χ4n) is 4.15. The van der Waals surface area contributed by atoms with Gasteiger partial charge in [-0.05, 0) is 61.9 Å². The Morgan fingerprint density at radius 3 is 2.46 bits per heavy atom. The molecule has 0 spiro atoms. The molecule has 1 aliphatic heterocycles. The molecule has 2 amide bonds. The van der Waals surface area contributed by atoms with Gasteiger partial charge < -0.3 is 14.6 Å². The van der Waals surface area contributed by atoms with Crippen molar-refractivity contribution in [2.75, 3.05) is 12.0 Å². The summed E-state index contributed by atoms with van der Waals surface area (Å²) in [7, 11) is 1.60. The minimum Gasteiger partial charge on any atom is -0.497 e. The number of amides is 2. The van der Waals surface area contributed by atoms with E-state index in [1.165, 1.54) is 17.0 Å². The Morgan fingerprint density at radius 1 is 1.03 bits per heavy atom. The highest BCUT2D eigenvalue weighted by molar-refractivity contribution is 6.01. The van der Waals surface area contributed by atoms with Crippen LogP contribution in [-0.2, 0) is 0 Å². The molecule has 4 aromatic rings. The van der Waals surface area contributed by atoms with Gasteiger partial charge in [-0.25, -0.2) is 9.18 Å². The normalized spacial score (nSPS) is 15.8. The zero-order chi connectivity index (χ0) is 24.5. The number of methoxy groups -OCH3 is 1. The lowest BCUT2D eigenvalue weighted by atomic mass is 9.94. The van der Waals surface area contributed by atoms with E-state index in [0.29, 0.717) is 22.8 Å². The van der Waals surface area contributed by atoms with Crippen LogP contribution in [0.25, 0.3) is 17.0 Å². The van der Waals surface area contributed by atoms with E-state index in [2.05, 4.69) is 15.5 Å². The standard InChI is InChI=1S/C27H23FN4O3/c1-16-7-9-18(10-8-16)24-23(17(2)32(27(33)29-24)21-6-4-5-20(28)15-21)26-30-25(31-35-26)19-11-13-22(34-3)14-12-19/h4-15,24H,1-3H3,(H,29,33). The number of ether oxygens (including phenoxy) is 1. The summed E-state index contributed by atoms with van der Waals surface area (Å²) in [6, 6.07) is 20.1. The topological polar surface area (TPSA) is 80.5 Å². The van der Waals surface area contributed by atoms with E-state index >= 15 is 0 Å². The number of rotatable bonds is 5. The van der Waals surface area contributed by atoms with Crippen molar-refractivity contribution in [1.29, 1.82) is 0 Å².